The molecule has 3 aromatic carbocycles. The van der Waals surface area contributed by atoms with Crippen LogP contribution in [0.3, 0.4) is 0 Å². The number of likely N-dealkylation sites (tertiary alicyclic amines) is 1. The van der Waals surface area contributed by atoms with Gasteiger partial charge in [-0.15, -0.1) is 11.3 Å². The summed E-state index contributed by atoms with van der Waals surface area (Å²) in [7, 11) is 0. The molecule has 1 N–H and O–H groups in total. The van der Waals surface area contributed by atoms with E-state index >= 15 is 0 Å². The van der Waals surface area contributed by atoms with Gasteiger partial charge in [0.1, 0.15) is 18.5 Å². The third-order valence-electron chi connectivity index (χ3n) is 6.74. The first-order valence-electron chi connectivity index (χ1n) is 12.3. The van der Waals surface area contributed by atoms with Crippen LogP contribution in [-0.4, -0.2) is 42.4 Å². The first-order chi connectivity index (χ1) is 16.7. The fourth-order valence-electron chi connectivity index (χ4n) is 5.05. The molecule has 0 radical (unpaired) electrons. The van der Waals surface area contributed by atoms with Gasteiger partial charge in [-0.3, -0.25) is 0 Å². The summed E-state index contributed by atoms with van der Waals surface area (Å²) in [6, 6.07) is 26.0. The number of aliphatic hydroxyl groups is 1. The van der Waals surface area contributed by atoms with Crippen molar-refractivity contribution in [3.63, 3.8) is 0 Å². The molecule has 0 aliphatic carbocycles. The van der Waals surface area contributed by atoms with Gasteiger partial charge in [0.05, 0.1) is 0 Å². The van der Waals surface area contributed by atoms with E-state index in [4.69, 9.17) is 4.74 Å². The first-order valence-corrected chi connectivity index (χ1v) is 13.2. The lowest BCUT2D eigenvalue weighted by molar-refractivity contribution is 0.0617. The molecule has 2 heterocycles. The van der Waals surface area contributed by atoms with Crippen LogP contribution < -0.4 is 4.74 Å². The number of thiophene rings is 1. The van der Waals surface area contributed by atoms with Crippen molar-refractivity contribution in [3.8, 4) is 5.75 Å². The molecule has 0 bridgehead atoms. The lowest BCUT2D eigenvalue weighted by atomic mass is 9.86. The summed E-state index contributed by atoms with van der Waals surface area (Å²) in [4.78, 5) is 3.69. The lowest BCUT2D eigenvalue weighted by Gasteiger charge is -2.28. The summed E-state index contributed by atoms with van der Waals surface area (Å²) in [6.07, 6.45) is 3.31. The monoisotopic (exact) mass is 471 g/mol. The zero-order valence-electron chi connectivity index (χ0n) is 19.8. The second kappa shape index (κ2) is 10.7. The number of aryl methyl sites for hydroxylation is 1. The summed E-state index contributed by atoms with van der Waals surface area (Å²) in [5.41, 5.74) is 3.87. The quantitative estimate of drug-likeness (QED) is 0.314. The van der Waals surface area contributed by atoms with E-state index in [1.807, 2.05) is 23.5 Å². The lowest BCUT2D eigenvalue weighted by Crippen LogP contribution is -2.38. The van der Waals surface area contributed by atoms with Gasteiger partial charge in [-0.05, 0) is 83.9 Å². The first kappa shape index (κ1) is 23.1. The van der Waals surface area contributed by atoms with Gasteiger partial charge in [-0.25, -0.2) is 0 Å². The molecule has 2 atom stereocenters. The highest BCUT2D eigenvalue weighted by Crippen LogP contribution is 2.39. The number of nitrogens with zero attached hydrogens (tertiary/aromatic N) is 1. The average molecular weight is 472 g/mol. The summed E-state index contributed by atoms with van der Waals surface area (Å²) >= 11 is 1.82. The summed E-state index contributed by atoms with van der Waals surface area (Å²) in [5.74, 6) is 0.976. The van der Waals surface area contributed by atoms with Gasteiger partial charge >= 0.3 is 0 Å². The number of hydrogen-bond acceptors (Lipinski definition) is 4. The van der Waals surface area contributed by atoms with Crippen molar-refractivity contribution in [1.29, 1.82) is 0 Å². The van der Waals surface area contributed by atoms with Crippen LogP contribution in [0.25, 0.3) is 10.8 Å². The van der Waals surface area contributed by atoms with Crippen LogP contribution >= 0.6 is 11.3 Å². The molecule has 1 aromatic heterocycles. The average Bonchev–Trinajstić information content (AvgIpc) is 3.30. The van der Waals surface area contributed by atoms with Gasteiger partial charge in [0, 0.05) is 17.3 Å². The molecule has 34 heavy (non-hydrogen) atoms. The fraction of sp³-hybridized carbons (Fsp3) is 0.333. The van der Waals surface area contributed by atoms with E-state index < -0.39 is 6.10 Å². The molecule has 0 saturated carbocycles. The van der Waals surface area contributed by atoms with E-state index in [0.717, 1.165) is 18.8 Å². The fourth-order valence-corrected chi connectivity index (χ4v) is 6.09. The maximum atomic E-state index is 10.4. The predicted octanol–water partition coefficient (Wildman–Crippen LogP) is 6.62. The SMILES string of the molecule is Cc1csc(C(c2ccc(OCC(O)CN3CCCCC3)cc2)c2cccc3ccccc23)c1. The Bertz CT molecular complexity index is 1200. The van der Waals surface area contributed by atoms with Crippen LogP contribution in [0.15, 0.2) is 78.2 Å². The van der Waals surface area contributed by atoms with Gasteiger partial charge in [0.25, 0.3) is 0 Å². The molecule has 176 valence electrons. The van der Waals surface area contributed by atoms with Crippen molar-refractivity contribution >= 4 is 22.1 Å². The third kappa shape index (κ3) is 5.35. The van der Waals surface area contributed by atoms with Crippen molar-refractivity contribution in [2.75, 3.05) is 26.2 Å². The van der Waals surface area contributed by atoms with E-state index in [2.05, 4.69) is 77.9 Å². The van der Waals surface area contributed by atoms with Gasteiger partial charge in [-0.2, -0.15) is 0 Å². The molecule has 0 amide bonds. The predicted molar refractivity (Wildman–Crippen MR) is 142 cm³/mol. The second-order valence-corrected chi connectivity index (χ2v) is 10.4. The highest BCUT2D eigenvalue weighted by Gasteiger charge is 2.21. The van der Waals surface area contributed by atoms with Crippen LogP contribution in [0, 0.1) is 6.92 Å². The Labute approximate surface area is 206 Å². The topological polar surface area (TPSA) is 32.7 Å². The Kier molecular flexibility index (Phi) is 7.29. The molecular weight excluding hydrogens is 438 g/mol. The van der Waals surface area contributed by atoms with Crippen molar-refractivity contribution in [2.24, 2.45) is 0 Å². The number of hydrogen-bond donors (Lipinski definition) is 1. The standard InChI is InChI=1S/C30H33NO2S/c1-22-18-29(34-21-22)30(28-11-7-9-23-8-3-4-10-27(23)28)24-12-14-26(15-13-24)33-20-25(32)19-31-16-5-2-6-17-31/h3-4,7-15,18,21,25,30,32H,2,5-6,16-17,19-20H2,1H3. The minimum Gasteiger partial charge on any atom is -0.491 e. The molecule has 1 aliphatic rings. The minimum atomic E-state index is -0.463. The van der Waals surface area contributed by atoms with Crippen molar-refractivity contribution < 1.29 is 9.84 Å². The van der Waals surface area contributed by atoms with Crippen LogP contribution in [0.1, 0.15) is 46.7 Å². The van der Waals surface area contributed by atoms with E-state index in [1.165, 1.54) is 51.6 Å². The van der Waals surface area contributed by atoms with E-state index in [1.54, 1.807) is 0 Å². The maximum Gasteiger partial charge on any atom is 0.119 e. The minimum absolute atomic E-state index is 0.170. The number of fused-ring (bicyclic) bond motifs is 1. The number of piperidine rings is 1. The highest BCUT2D eigenvalue weighted by molar-refractivity contribution is 7.10. The molecular formula is C30H33NO2S. The molecule has 1 aliphatic heterocycles. The van der Waals surface area contributed by atoms with Crippen LogP contribution in [0.4, 0.5) is 0 Å². The molecule has 2 unspecified atom stereocenters. The number of aliphatic hydroxyl groups excluding tert-OH is 1. The second-order valence-electron chi connectivity index (χ2n) is 9.42. The number of ether oxygens (including phenoxy) is 1. The van der Waals surface area contributed by atoms with Gasteiger partial charge in [-0.1, -0.05) is 61.0 Å². The van der Waals surface area contributed by atoms with E-state index in [-0.39, 0.29) is 5.92 Å². The third-order valence-corrected chi connectivity index (χ3v) is 7.86. The molecule has 1 fully saturated rings. The Hall–Kier alpha value is -2.66. The van der Waals surface area contributed by atoms with E-state index in [9.17, 15) is 5.11 Å². The van der Waals surface area contributed by atoms with Gasteiger partial charge in [0.15, 0.2) is 0 Å². The summed E-state index contributed by atoms with van der Waals surface area (Å²) in [5, 5.41) is 15.2. The van der Waals surface area contributed by atoms with Crippen LogP contribution in [-0.2, 0) is 0 Å². The Morgan fingerprint density at radius 3 is 2.47 bits per heavy atom. The number of benzene rings is 3. The molecule has 5 rings (SSSR count). The van der Waals surface area contributed by atoms with Crippen molar-refractivity contribution in [2.45, 2.75) is 38.2 Å². The summed E-state index contributed by atoms with van der Waals surface area (Å²) in [6.45, 7) is 5.35. The Morgan fingerprint density at radius 1 is 0.941 bits per heavy atom. The zero-order chi connectivity index (χ0) is 23.3. The molecule has 4 aromatic rings. The maximum absolute atomic E-state index is 10.4. The van der Waals surface area contributed by atoms with Crippen LogP contribution in [0.5, 0.6) is 5.75 Å². The van der Waals surface area contributed by atoms with Gasteiger partial charge in [0.2, 0.25) is 0 Å². The molecule has 0 spiro atoms. The van der Waals surface area contributed by atoms with Crippen LogP contribution in [0.2, 0.25) is 0 Å². The summed E-state index contributed by atoms with van der Waals surface area (Å²) < 4.78 is 5.96. The van der Waals surface area contributed by atoms with Crippen molar-refractivity contribution in [1.82, 2.24) is 4.90 Å². The molecule has 1 saturated heterocycles. The Morgan fingerprint density at radius 2 is 1.71 bits per heavy atom. The normalized spacial score (nSPS) is 16.4. The number of β-amino-alcohol motifs (C(OH)–C–C–N with tert-alkyl or cyclic N) is 1. The smallest absolute Gasteiger partial charge is 0.119 e. The Balaban J connectivity index is 1.35. The van der Waals surface area contributed by atoms with Crippen molar-refractivity contribution in [3.05, 3.63) is 99.7 Å². The largest absolute Gasteiger partial charge is 0.491 e. The van der Waals surface area contributed by atoms with E-state index in [0.29, 0.717) is 13.2 Å². The molecule has 4 heteroatoms. The highest BCUT2D eigenvalue weighted by atomic mass is 32.1. The zero-order valence-corrected chi connectivity index (χ0v) is 20.6. The number of rotatable bonds is 8. The molecule has 3 nitrogen and oxygen atoms in total. The van der Waals surface area contributed by atoms with Gasteiger partial charge < -0.3 is 14.7 Å².